The van der Waals surface area contributed by atoms with Crippen LogP contribution in [0.1, 0.15) is 13.8 Å². The van der Waals surface area contributed by atoms with Crippen molar-refractivity contribution in [2.45, 2.75) is 13.8 Å². The smallest absolute Gasteiger partial charge is 0.227 e. The van der Waals surface area contributed by atoms with Crippen molar-refractivity contribution in [1.29, 1.82) is 0 Å². The van der Waals surface area contributed by atoms with Gasteiger partial charge in [0.2, 0.25) is 5.95 Å². The summed E-state index contributed by atoms with van der Waals surface area (Å²) < 4.78 is 0. The summed E-state index contributed by atoms with van der Waals surface area (Å²) >= 11 is 0. The lowest BCUT2D eigenvalue weighted by molar-refractivity contribution is -0.106. The van der Waals surface area contributed by atoms with E-state index in [1.807, 2.05) is 19.0 Å². The Bertz CT molecular complexity index is 505. The van der Waals surface area contributed by atoms with E-state index in [0.717, 1.165) is 30.9 Å². The van der Waals surface area contributed by atoms with Gasteiger partial charge in [0.05, 0.1) is 25.0 Å². The Morgan fingerprint density at radius 2 is 1.95 bits per heavy atom. The summed E-state index contributed by atoms with van der Waals surface area (Å²) in [5, 5.41) is 0. The fourth-order valence-corrected chi connectivity index (χ4v) is 2.02. The van der Waals surface area contributed by atoms with Gasteiger partial charge in [-0.1, -0.05) is 5.92 Å². The topological polar surface area (TPSA) is 52.6 Å². The molecular weight excluding hydrogens is 266 g/mol. The van der Waals surface area contributed by atoms with Crippen molar-refractivity contribution in [2.75, 3.05) is 55.0 Å². The zero-order chi connectivity index (χ0) is 15.8. The third-order valence-electron chi connectivity index (χ3n) is 3.12. The molecule has 0 aliphatic carbocycles. The second-order valence-corrected chi connectivity index (χ2v) is 4.70. The fourth-order valence-electron chi connectivity index (χ4n) is 2.02. The van der Waals surface area contributed by atoms with Gasteiger partial charge in [-0.3, -0.25) is 0 Å². The molecule has 0 fully saturated rings. The number of carbonyl (C=O) groups excluding carboxylic acids is 1. The first-order valence-corrected chi connectivity index (χ1v) is 7.00. The number of nitrogens with zero attached hydrogens (tertiary/aromatic N) is 5. The molecule has 114 valence electrons. The van der Waals surface area contributed by atoms with Crippen LogP contribution in [0.4, 0.5) is 17.5 Å². The minimum atomic E-state index is 0.221. The molecule has 0 unspecified atom stereocenters. The maximum absolute atomic E-state index is 10.8. The minimum absolute atomic E-state index is 0.221. The summed E-state index contributed by atoms with van der Waals surface area (Å²) in [5.74, 6) is 3.99. The van der Waals surface area contributed by atoms with E-state index in [2.05, 4.69) is 34.6 Å². The van der Waals surface area contributed by atoms with Crippen LogP contribution in [0.2, 0.25) is 0 Å². The Morgan fingerprint density at radius 1 is 1.29 bits per heavy atom. The van der Waals surface area contributed by atoms with E-state index < -0.39 is 0 Å². The van der Waals surface area contributed by atoms with Gasteiger partial charge in [-0.05, 0) is 13.8 Å². The first kappa shape index (κ1) is 16.8. The van der Waals surface area contributed by atoms with E-state index in [1.54, 1.807) is 11.1 Å². The van der Waals surface area contributed by atoms with Crippen LogP contribution in [0, 0.1) is 12.3 Å². The van der Waals surface area contributed by atoms with Crippen LogP contribution >= 0.6 is 0 Å². The average molecular weight is 289 g/mol. The van der Waals surface area contributed by atoms with Crippen molar-refractivity contribution in [3.8, 4) is 12.3 Å². The van der Waals surface area contributed by atoms with Gasteiger partial charge >= 0.3 is 0 Å². The average Bonchev–Trinajstić information content (AvgIpc) is 2.48. The standard InChI is InChI=1S/C15H23N5O/c1-6-9-20(10-11-21)13-12-16-15(19(7-2)8-3)17-14(13)18(4)5/h1,11-12H,7-10H2,2-5H3. The van der Waals surface area contributed by atoms with Crippen molar-refractivity contribution >= 4 is 23.7 Å². The van der Waals surface area contributed by atoms with Crippen molar-refractivity contribution < 1.29 is 4.79 Å². The predicted molar refractivity (Wildman–Crippen MR) is 87.0 cm³/mol. The molecule has 1 heterocycles. The SMILES string of the molecule is C#CCN(CC=O)c1cnc(N(CC)CC)nc1N(C)C. The van der Waals surface area contributed by atoms with Gasteiger partial charge in [0.15, 0.2) is 5.82 Å². The first-order valence-electron chi connectivity index (χ1n) is 7.00. The molecule has 1 aromatic heterocycles. The molecule has 0 aromatic carbocycles. The molecule has 0 amide bonds. The number of hydrogen-bond acceptors (Lipinski definition) is 6. The number of aromatic nitrogens is 2. The normalized spacial score (nSPS) is 9.86. The maximum Gasteiger partial charge on any atom is 0.227 e. The zero-order valence-corrected chi connectivity index (χ0v) is 13.2. The number of carbonyl (C=O) groups is 1. The molecule has 6 nitrogen and oxygen atoms in total. The van der Waals surface area contributed by atoms with Crippen molar-refractivity contribution in [1.82, 2.24) is 9.97 Å². The van der Waals surface area contributed by atoms with E-state index >= 15 is 0 Å². The molecule has 0 aliphatic heterocycles. The van der Waals surface area contributed by atoms with Crippen LogP contribution in [0.5, 0.6) is 0 Å². The molecule has 0 radical (unpaired) electrons. The second-order valence-electron chi connectivity index (χ2n) is 4.70. The van der Waals surface area contributed by atoms with Crippen LogP contribution < -0.4 is 14.7 Å². The Hall–Kier alpha value is -2.29. The highest BCUT2D eigenvalue weighted by Gasteiger charge is 2.16. The third kappa shape index (κ3) is 4.09. The van der Waals surface area contributed by atoms with Gasteiger partial charge in [0, 0.05) is 27.2 Å². The monoisotopic (exact) mass is 289 g/mol. The van der Waals surface area contributed by atoms with Gasteiger partial charge in [-0.25, -0.2) is 4.98 Å². The molecule has 0 saturated carbocycles. The summed E-state index contributed by atoms with van der Waals surface area (Å²) in [6, 6.07) is 0. The number of terminal acetylenes is 1. The molecule has 0 atom stereocenters. The van der Waals surface area contributed by atoms with Gasteiger partial charge in [-0.2, -0.15) is 4.98 Å². The molecule has 0 spiro atoms. The number of rotatable bonds is 8. The quantitative estimate of drug-likeness (QED) is 0.526. The molecule has 6 heteroatoms. The molecule has 0 saturated heterocycles. The molecule has 21 heavy (non-hydrogen) atoms. The highest BCUT2D eigenvalue weighted by Crippen LogP contribution is 2.26. The maximum atomic E-state index is 10.8. The van der Waals surface area contributed by atoms with E-state index in [-0.39, 0.29) is 6.54 Å². The zero-order valence-electron chi connectivity index (χ0n) is 13.2. The summed E-state index contributed by atoms with van der Waals surface area (Å²) in [5.41, 5.74) is 0.765. The molecular formula is C15H23N5O. The van der Waals surface area contributed by atoms with Gasteiger partial charge in [0.1, 0.15) is 6.29 Å². The van der Waals surface area contributed by atoms with E-state index in [4.69, 9.17) is 6.42 Å². The minimum Gasteiger partial charge on any atom is -0.361 e. The highest BCUT2D eigenvalue weighted by atomic mass is 16.1. The largest absolute Gasteiger partial charge is 0.361 e. The van der Waals surface area contributed by atoms with Crippen molar-refractivity contribution in [3.05, 3.63) is 6.20 Å². The van der Waals surface area contributed by atoms with E-state index in [1.165, 1.54) is 0 Å². The molecule has 0 N–H and O–H groups in total. The Kier molecular flexibility index (Phi) is 6.47. The molecule has 1 rings (SSSR count). The number of anilines is 3. The van der Waals surface area contributed by atoms with Gasteiger partial charge in [-0.15, -0.1) is 6.42 Å². The van der Waals surface area contributed by atoms with Gasteiger partial charge in [0.25, 0.3) is 0 Å². The molecule has 0 aliphatic rings. The Labute approximate surface area is 126 Å². The van der Waals surface area contributed by atoms with Crippen LogP contribution in [0.3, 0.4) is 0 Å². The molecule has 1 aromatic rings. The van der Waals surface area contributed by atoms with E-state index in [0.29, 0.717) is 12.5 Å². The van der Waals surface area contributed by atoms with Crippen molar-refractivity contribution in [3.63, 3.8) is 0 Å². The number of hydrogen-bond donors (Lipinski definition) is 0. The van der Waals surface area contributed by atoms with Crippen LogP contribution in [0.25, 0.3) is 0 Å². The van der Waals surface area contributed by atoms with Crippen LogP contribution in [-0.4, -0.2) is 56.5 Å². The van der Waals surface area contributed by atoms with E-state index in [9.17, 15) is 4.79 Å². The first-order chi connectivity index (χ1) is 10.1. The lowest BCUT2D eigenvalue weighted by Gasteiger charge is -2.27. The van der Waals surface area contributed by atoms with Crippen LogP contribution in [0.15, 0.2) is 6.20 Å². The third-order valence-corrected chi connectivity index (χ3v) is 3.12. The summed E-state index contributed by atoms with van der Waals surface area (Å²) in [6.07, 6.45) is 7.94. The van der Waals surface area contributed by atoms with Crippen LogP contribution in [-0.2, 0) is 4.79 Å². The molecule has 0 bridgehead atoms. The van der Waals surface area contributed by atoms with Gasteiger partial charge < -0.3 is 19.5 Å². The lowest BCUT2D eigenvalue weighted by atomic mass is 10.3. The lowest BCUT2D eigenvalue weighted by Crippen LogP contribution is -2.30. The summed E-state index contributed by atoms with van der Waals surface area (Å²) in [4.78, 5) is 25.6. The Morgan fingerprint density at radius 3 is 2.43 bits per heavy atom. The fraction of sp³-hybridized carbons (Fsp3) is 0.533. The number of aldehydes is 1. The summed E-state index contributed by atoms with van der Waals surface area (Å²) in [7, 11) is 3.82. The Balaban J connectivity index is 3.26. The highest BCUT2D eigenvalue weighted by molar-refractivity contribution is 5.71. The van der Waals surface area contributed by atoms with Crippen molar-refractivity contribution in [2.24, 2.45) is 0 Å². The summed E-state index contributed by atoms with van der Waals surface area (Å²) in [6.45, 7) is 6.36. The predicted octanol–water partition coefficient (Wildman–Crippen LogP) is 1.03. The second kappa shape index (κ2) is 8.10.